The Hall–Kier alpha value is -3.16. The molecule has 1 atom stereocenters. The Morgan fingerprint density at radius 1 is 1.00 bits per heavy atom. The van der Waals surface area contributed by atoms with Crippen molar-refractivity contribution in [3.05, 3.63) is 94.5 Å². The van der Waals surface area contributed by atoms with Gasteiger partial charge in [-0.1, -0.05) is 48.0 Å². The first kappa shape index (κ1) is 22.0. The van der Waals surface area contributed by atoms with E-state index < -0.39 is 28.4 Å². The molecule has 0 bridgehead atoms. The largest absolute Gasteiger partial charge is 0.454 e. The van der Waals surface area contributed by atoms with Crippen LogP contribution in [0, 0.1) is 0 Å². The van der Waals surface area contributed by atoms with Crippen molar-refractivity contribution in [3.8, 4) is 0 Å². The Bertz CT molecular complexity index is 1310. The molecule has 0 saturated heterocycles. The molecule has 0 fully saturated rings. The first-order chi connectivity index (χ1) is 15.3. The van der Waals surface area contributed by atoms with Crippen molar-refractivity contribution in [2.75, 3.05) is 10.9 Å². The lowest BCUT2D eigenvalue weighted by atomic mass is 10.1. The van der Waals surface area contributed by atoms with E-state index in [-0.39, 0.29) is 16.5 Å². The van der Waals surface area contributed by atoms with E-state index in [0.29, 0.717) is 22.7 Å². The standard InChI is InChI=1S/C24H20ClNO5S/c1-16-12-17-6-2-3-11-22(17)26(16)32(29,30)21-10-5-8-19(14-21)24(28)31-15-23(27)18-7-4-9-20(25)13-18/h2-11,13-14,16H,12,15H2,1H3/t16-/m0/s1. The number of rotatable bonds is 6. The highest BCUT2D eigenvalue weighted by Crippen LogP contribution is 2.36. The van der Waals surface area contributed by atoms with Crippen LogP contribution < -0.4 is 4.31 Å². The lowest BCUT2D eigenvalue weighted by molar-refractivity contribution is 0.0474. The maximum atomic E-state index is 13.4. The van der Waals surface area contributed by atoms with Crippen LogP contribution >= 0.6 is 11.6 Å². The van der Waals surface area contributed by atoms with Crippen molar-refractivity contribution in [2.45, 2.75) is 24.3 Å². The molecule has 0 aliphatic carbocycles. The fraction of sp³-hybridized carbons (Fsp3) is 0.167. The number of sulfonamides is 1. The van der Waals surface area contributed by atoms with E-state index in [4.69, 9.17) is 16.3 Å². The summed E-state index contributed by atoms with van der Waals surface area (Å²) in [6.07, 6.45) is 0.614. The number of carbonyl (C=O) groups excluding carboxylic acids is 2. The number of hydrogen-bond acceptors (Lipinski definition) is 5. The molecule has 0 aromatic heterocycles. The molecule has 0 radical (unpaired) electrons. The summed E-state index contributed by atoms with van der Waals surface area (Å²) in [7, 11) is -3.89. The third-order valence-corrected chi connectivity index (χ3v) is 7.41. The topological polar surface area (TPSA) is 80.8 Å². The first-order valence-corrected chi connectivity index (χ1v) is 11.8. The normalized spacial score (nSPS) is 15.3. The van der Waals surface area contributed by atoms with E-state index in [0.717, 1.165) is 5.56 Å². The van der Waals surface area contributed by atoms with Gasteiger partial charge in [-0.25, -0.2) is 13.2 Å². The van der Waals surface area contributed by atoms with E-state index in [1.165, 1.54) is 34.6 Å². The molecule has 1 aliphatic rings. The number of para-hydroxylation sites is 1. The average Bonchev–Trinajstić information content (AvgIpc) is 3.13. The summed E-state index contributed by atoms with van der Waals surface area (Å²) in [5.41, 5.74) is 1.96. The minimum atomic E-state index is -3.89. The third kappa shape index (κ3) is 4.26. The Kier molecular flexibility index (Phi) is 6.04. The molecule has 0 N–H and O–H groups in total. The van der Waals surface area contributed by atoms with Gasteiger partial charge in [-0.15, -0.1) is 0 Å². The van der Waals surface area contributed by atoms with E-state index in [2.05, 4.69) is 0 Å². The van der Waals surface area contributed by atoms with Gasteiger partial charge >= 0.3 is 5.97 Å². The summed E-state index contributed by atoms with van der Waals surface area (Å²) < 4.78 is 33.2. The van der Waals surface area contributed by atoms with Crippen LogP contribution in [0.5, 0.6) is 0 Å². The van der Waals surface area contributed by atoms with Gasteiger partial charge in [0.05, 0.1) is 16.1 Å². The van der Waals surface area contributed by atoms with Crippen LogP contribution in [-0.2, 0) is 21.2 Å². The highest BCUT2D eigenvalue weighted by atomic mass is 35.5. The van der Waals surface area contributed by atoms with Crippen molar-refractivity contribution in [3.63, 3.8) is 0 Å². The predicted molar refractivity (Wildman–Crippen MR) is 122 cm³/mol. The van der Waals surface area contributed by atoms with Gasteiger partial charge in [0.25, 0.3) is 10.0 Å². The van der Waals surface area contributed by atoms with Crippen LogP contribution in [0.4, 0.5) is 5.69 Å². The summed E-state index contributed by atoms with van der Waals surface area (Å²) >= 11 is 5.88. The minimum absolute atomic E-state index is 0.0170. The van der Waals surface area contributed by atoms with Crippen LogP contribution in [0.1, 0.15) is 33.2 Å². The number of esters is 1. The van der Waals surface area contributed by atoms with E-state index in [1.807, 2.05) is 19.1 Å². The molecule has 0 saturated carbocycles. The van der Waals surface area contributed by atoms with Crippen LogP contribution in [0.15, 0.2) is 77.7 Å². The maximum Gasteiger partial charge on any atom is 0.338 e. The molecule has 1 aliphatic heterocycles. The van der Waals surface area contributed by atoms with Crippen LogP contribution in [0.25, 0.3) is 0 Å². The Balaban J connectivity index is 1.53. The number of halogens is 1. The summed E-state index contributed by atoms with van der Waals surface area (Å²) in [5, 5.41) is 0.401. The van der Waals surface area contributed by atoms with Crippen LogP contribution in [0.3, 0.4) is 0 Å². The SMILES string of the molecule is C[C@H]1Cc2ccccc2N1S(=O)(=O)c1cccc(C(=O)OCC(=O)c2cccc(Cl)c2)c1. The lowest BCUT2D eigenvalue weighted by Crippen LogP contribution is -2.35. The second kappa shape index (κ2) is 8.76. The molecule has 32 heavy (non-hydrogen) atoms. The van der Waals surface area contributed by atoms with Gasteiger partial charge in [-0.2, -0.15) is 0 Å². The smallest absolute Gasteiger partial charge is 0.338 e. The third-order valence-electron chi connectivity index (χ3n) is 5.25. The zero-order valence-electron chi connectivity index (χ0n) is 17.2. The molecule has 0 spiro atoms. The highest BCUT2D eigenvalue weighted by molar-refractivity contribution is 7.92. The Morgan fingerprint density at radius 2 is 1.72 bits per heavy atom. The van der Waals surface area contributed by atoms with Gasteiger partial charge in [-0.05, 0) is 55.3 Å². The molecule has 3 aromatic rings. The minimum Gasteiger partial charge on any atom is -0.454 e. The number of Topliss-reactive ketones (excluding diaryl/α,β-unsaturated/α-hetero) is 1. The molecule has 1 heterocycles. The van der Waals surface area contributed by atoms with Crippen molar-refractivity contribution in [1.29, 1.82) is 0 Å². The number of ether oxygens (including phenoxy) is 1. The van der Waals surface area contributed by atoms with Gasteiger partial charge in [-0.3, -0.25) is 9.10 Å². The zero-order chi connectivity index (χ0) is 22.9. The van der Waals surface area contributed by atoms with Gasteiger partial charge in [0.15, 0.2) is 12.4 Å². The number of benzene rings is 3. The molecule has 8 heteroatoms. The number of ketones is 1. The molecule has 4 rings (SSSR count). The monoisotopic (exact) mass is 469 g/mol. The summed E-state index contributed by atoms with van der Waals surface area (Å²) in [5.74, 6) is -1.19. The van der Waals surface area contributed by atoms with Crippen LogP contribution in [-0.4, -0.2) is 32.8 Å². The fourth-order valence-electron chi connectivity index (χ4n) is 3.76. The molecular formula is C24H20ClNO5S. The van der Waals surface area contributed by atoms with Crippen molar-refractivity contribution >= 4 is 39.1 Å². The van der Waals surface area contributed by atoms with Crippen molar-refractivity contribution in [2.24, 2.45) is 0 Å². The number of fused-ring (bicyclic) bond motifs is 1. The number of anilines is 1. The first-order valence-electron chi connectivity index (χ1n) is 9.95. The van der Waals surface area contributed by atoms with Gasteiger partial charge in [0.2, 0.25) is 0 Å². The molecular weight excluding hydrogens is 450 g/mol. The van der Waals surface area contributed by atoms with E-state index in [9.17, 15) is 18.0 Å². The van der Waals surface area contributed by atoms with Gasteiger partial charge < -0.3 is 4.74 Å². The number of carbonyl (C=O) groups is 2. The lowest BCUT2D eigenvalue weighted by Gasteiger charge is -2.24. The average molecular weight is 470 g/mol. The fourth-order valence-corrected chi connectivity index (χ4v) is 5.69. The second-order valence-electron chi connectivity index (χ2n) is 7.52. The number of nitrogens with zero attached hydrogens (tertiary/aromatic N) is 1. The van der Waals surface area contributed by atoms with Gasteiger partial charge in [0, 0.05) is 16.6 Å². The quantitative estimate of drug-likeness (QED) is 0.391. The Morgan fingerprint density at radius 3 is 2.50 bits per heavy atom. The maximum absolute atomic E-state index is 13.4. The summed E-state index contributed by atoms with van der Waals surface area (Å²) in [4.78, 5) is 24.7. The highest BCUT2D eigenvalue weighted by Gasteiger charge is 2.36. The molecule has 0 unspecified atom stereocenters. The summed E-state index contributed by atoms with van der Waals surface area (Å²) in [6, 6.07) is 19.1. The van der Waals surface area contributed by atoms with Crippen LogP contribution in [0.2, 0.25) is 5.02 Å². The molecule has 3 aromatic carbocycles. The number of hydrogen-bond donors (Lipinski definition) is 0. The zero-order valence-corrected chi connectivity index (χ0v) is 18.8. The molecule has 0 amide bonds. The Labute approximate surface area is 191 Å². The second-order valence-corrected chi connectivity index (χ2v) is 9.77. The summed E-state index contributed by atoms with van der Waals surface area (Å²) in [6.45, 7) is 1.36. The van der Waals surface area contributed by atoms with E-state index in [1.54, 1.807) is 30.3 Å². The van der Waals surface area contributed by atoms with Gasteiger partial charge in [0.1, 0.15) is 0 Å². The molecule has 6 nitrogen and oxygen atoms in total. The van der Waals surface area contributed by atoms with Crippen molar-refractivity contribution < 1.29 is 22.7 Å². The molecule has 164 valence electrons. The van der Waals surface area contributed by atoms with Crippen molar-refractivity contribution in [1.82, 2.24) is 0 Å². The van der Waals surface area contributed by atoms with E-state index >= 15 is 0 Å². The predicted octanol–water partition coefficient (Wildman–Crippen LogP) is 4.52.